The molecule has 0 aliphatic carbocycles. The number of aromatic nitrogens is 4. The van der Waals surface area contributed by atoms with Crippen molar-refractivity contribution in [3.63, 3.8) is 0 Å². The average Bonchev–Trinajstić information content (AvgIpc) is 3.37. The smallest absolute Gasteiger partial charge is 0.255 e. The monoisotopic (exact) mass is 449 g/mol. The molecule has 0 unspecified atom stereocenters. The molecule has 6 nitrogen and oxygen atoms in total. The highest BCUT2D eigenvalue weighted by Crippen LogP contribution is 2.24. The molecule has 0 atom stereocenters. The highest BCUT2D eigenvalue weighted by Gasteiger charge is 2.19. The predicted octanol–water partition coefficient (Wildman–Crippen LogP) is 4.45. The van der Waals surface area contributed by atoms with E-state index < -0.39 is 0 Å². The van der Waals surface area contributed by atoms with E-state index in [2.05, 4.69) is 26.3 Å². The summed E-state index contributed by atoms with van der Waals surface area (Å²) in [7, 11) is 0. The first-order valence-corrected chi connectivity index (χ1v) is 10.2. The van der Waals surface area contributed by atoms with Crippen LogP contribution in [0.2, 0.25) is 0 Å². The van der Waals surface area contributed by atoms with E-state index in [1.165, 1.54) is 0 Å². The van der Waals surface area contributed by atoms with E-state index in [1.54, 1.807) is 17.1 Å². The minimum absolute atomic E-state index is 0.179. The van der Waals surface area contributed by atoms with Crippen LogP contribution in [0.5, 0.6) is 0 Å². The summed E-state index contributed by atoms with van der Waals surface area (Å²) in [4.78, 5) is 13.1. The second-order valence-electron chi connectivity index (χ2n) is 6.48. The molecule has 0 saturated carbocycles. The lowest BCUT2D eigenvalue weighted by Gasteiger charge is -2.08. The van der Waals surface area contributed by atoms with Crippen LogP contribution in [0.3, 0.4) is 0 Å². The minimum Gasteiger partial charge on any atom is -0.346 e. The number of hydrogen-bond donors (Lipinski definition) is 1. The number of aryl methyl sites for hydroxylation is 1. The first-order chi connectivity index (χ1) is 14.2. The Bertz CT molecular complexity index is 1120. The molecule has 29 heavy (non-hydrogen) atoms. The largest absolute Gasteiger partial charge is 0.346 e. The van der Waals surface area contributed by atoms with Crippen molar-refractivity contribution in [3.8, 4) is 16.9 Å². The maximum Gasteiger partial charge on any atom is 0.255 e. The van der Waals surface area contributed by atoms with Gasteiger partial charge in [0.25, 0.3) is 5.91 Å². The third-order valence-electron chi connectivity index (χ3n) is 4.64. The fraction of sp³-hybridized carbons (Fsp3) is 0.136. The van der Waals surface area contributed by atoms with Gasteiger partial charge >= 0.3 is 0 Å². The molecule has 0 aliphatic heterocycles. The van der Waals surface area contributed by atoms with Crippen molar-refractivity contribution in [1.29, 1.82) is 0 Å². The van der Waals surface area contributed by atoms with Crippen LogP contribution < -0.4 is 5.32 Å². The number of nitrogens with one attached hydrogen (secondary N) is 1. The molecule has 146 valence electrons. The third kappa shape index (κ3) is 4.00. The molecule has 0 radical (unpaired) electrons. The van der Waals surface area contributed by atoms with E-state index in [9.17, 15) is 4.79 Å². The quantitative estimate of drug-likeness (QED) is 0.472. The molecule has 7 heteroatoms. The van der Waals surface area contributed by atoms with Gasteiger partial charge in [0.15, 0.2) is 0 Å². The number of amides is 1. The third-order valence-corrected chi connectivity index (χ3v) is 5.30. The van der Waals surface area contributed by atoms with E-state index in [1.807, 2.05) is 72.3 Å². The van der Waals surface area contributed by atoms with Crippen molar-refractivity contribution >= 4 is 21.8 Å². The van der Waals surface area contributed by atoms with Crippen LogP contribution in [-0.4, -0.2) is 25.5 Å². The second-order valence-corrected chi connectivity index (χ2v) is 7.33. The van der Waals surface area contributed by atoms with Crippen LogP contribution in [0.4, 0.5) is 0 Å². The van der Waals surface area contributed by atoms with Gasteiger partial charge in [-0.25, -0.2) is 4.68 Å². The molecule has 0 aliphatic rings. The van der Waals surface area contributed by atoms with Crippen molar-refractivity contribution in [1.82, 2.24) is 24.9 Å². The first kappa shape index (κ1) is 19.1. The van der Waals surface area contributed by atoms with Crippen molar-refractivity contribution in [3.05, 3.63) is 88.8 Å². The molecule has 0 saturated heterocycles. The SMILES string of the molecule is CCn1ncc(Br)c1CNC(=O)c1cn(-c2ccccc2)nc1-c1ccccc1. The van der Waals surface area contributed by atoms with Gasteiger partial charge in [-0.2, -0.15) is 10.2 Å². The fourth-order valence-electron chi connectivity index (χ4n) is 3.16. The Kier molecular flexibility index (Phi) is 5.57. The van der Waals surface area contributed by atoms with Gasteiger partial charge in [0.05, 0.1) is 34.2 Å². The Balaban J connectivity index is 1.67. The molecular weight excluding hydrogens is 430 g/mol. The zero-order valence-electron chi connectivity index (χ0n) is 15.9. The maximum absolute atomic E-state index is 13.1. The Labute approximate surface area is 177 Å². The molecule has 1 N–H and O–H groups in total. The van der Waals surface area contributed by atoms with Crippen LogP contribution in [-0.2, 0) is 13.1 Å². The Morgan fingerprint density at radius 2 is 1.76 bits per heavy atom. The minimum atomic E-state index is -0.179. The average molecular weight is 450 g/mol. The molecule has 0 spiro atoms. The molecule has 4 aromatic rings. The lowest BCUT2D eigenvalue weighted by Crippen LogP contribution is -2.24. The van der Waals surface area contributed by atoms with Crippen LogP contribution >= 0.6 is 15.9 Å². The number of rotatable bonds is 6. The van der Waals surface area contributed by atoms with Crippen LogP contribution in [0.15, 0.2) is 77.5 Å². The number of hydrogen-bond acceptors (Lipinski definition) is 3. The molecule has 2 heterocycles. The Morgan fingerprint density at radius 3 is 2.45 bits per heavy atom. The van der Waals surface area contributed by atoms with Gasteiger partial charge in [0.2, 0.25) is 0 Å². The summed E-state index contributed by atoms with van der Waals surface area (Å²) in [6, 6.07) is 19.5. The molecule has 2 aromatic heterocycles. The summed E-state index contributed by atoms with van der Waals surface area (Å²) in [5.41, 5.74) is 3.90. The molecule has 4 rings (SSSR count). The van der Waals surface area contributed by atoms with E-state index >= 15 is 0 Å². The Hall–Kier alpha value is -3.19. The topological polar surface area (TPSA) is 64.7 Å². The van der Waals surface area contributed by atoms with Gasteiger partial charge in [-0.3, -0.25) is 9.48 Å². The van der Waals surface area contributed by atoms with Crippen molar-refractivity contribution < 1.29 is 4.79 Å². The molecule has 1 amide bonds. The summed E-state index contributed by atoms with van der Waals surface area (Å²) in [5, 5.41) is 12.0. The summed E-state index contributed by atoms with van der Waals surface area (Å²) >= 11 is 3.50. The zero-order valence-corrected chi connectivity index (χ0v) is 17.5. The zero-order chi connectivity index (χ0) is 20.2. The van der Waals surface area contributed by atoms with E-state index in [0.29, 0.717) is 17.8 Å². The highest BCUT2D eigenvalue weighted by molar-refractivity contribution is 9.10. The van der Waals surface area contributed by atoms with Crippen LogP contribution in [0.25, 0.3) is 16.9 Å². The van der Waals surface area contributed by atoms with Gasteiger partial charge in [0.1, 0.15) is 5.69 Å². The van der Waals surface area contributed by atoms with Gasteiger partial charge in [-0.15, -0.1) is 0 Å². The van der Waals surface area contributed by atoms with E-state index in [4.69, 9.17) is 5.10 Å². The number of carbonyl (C=O) groups excluding carboxylic acids is 1. The summed E-state index contributed by atoms with van der Waals surface area (Å²) in [6.07, 6.45) is 3.52. The normalized spacial score (nSPS) is 10.8. The van der Waals surface area contributed by atoms with Gasteiger partial charge in [-0.1, -0.05) is 48.5 Å². The number of carbonyl (C=O) groups is 1. The number of benzene rings is 2. The van der Waals surface area contributed by atoms with E-state index in [-0.39, 0.29) is 5.91 Å². The molecular formula is C22H20BrN5O. The fourth-order valence-corrected chi connectivity index (χ4v) is 3.59. The van der Waals surface area contributed by atoms with Crippen LogP contribution in [0, 0.1) is 0 Å². The van der Waals surface area contributed by atoms with Crippen molar-refractivity contribution in [2.24, 2.45) is 0 Å². The second kappa shape index (κ2) is 8.45. The predicted molar refractivity (Wildman–Crippen MR) is 116 cm³/mol. The summed E-state index contributed by atoms with van der Waals surface area (Å²) < 4.78 is 4.47. The van der Waals surface area contributed by atoms with Crippen LogP contribution in [0.1, 0.15) is 23.0 Å². The highest BCUT2D eigenvalue weighted by atomic mass is 79.9. The van der Waals surface area contributed by atoms with Crippen molar-refractivity contribution in [2.75, 3.05) is 0 Å². The Morgan fingerprint density at radius 1 is 1.07 bits per heavy atom. The lowest BCUT2D eigenvalue weighted by atomic mass is 10.1. The summed E-state index contributed by atoms with van der Waals surface area (Å²) in [5.74, 6) is -0.179. The first-order valence-electron chi connectivity index (χ1n) is 9.36. The van der Waals surface area contributed by atoms with Gasteiger partial charge in [-0.05, 0) is 35.0 Å². The van der Waals surface area contributed by atoms with E-state index in [0.717, 1.165) is 28.0 Å². The van der Waals surface area contributed by atoms with Gasteiger partial charge in [0, 0.05) is 18.3 Å². The number of para-hydroxylation sites is 1. The molecule has 0 fully saturated rings. The van der Waals surface area contributed by atoms with Crippen molar-refractivity contribution in [2.45, 2.75) is 20.0 Å². The lowest BCUT2D eigenvalue weighted by molar-refractivity contribution is 0.0950. The molecule has 0 bridgehead atoms. The number of halogens is 1. The molecule has 2 aromatic carbocycles. The van der Waals surface area contributed by atoms with Gasteiger partial charge < -0.3 is 5.32 Å². The summed E-state index contributed by atoms with van der Waals surface area (Å²) in [6.45, 7) is 3.12. The number of nitrogens with zero attached hydrogens (tertiary/aromatic N) is 4. The standard InChI is InChI=1S/C22H20BrN5O/c1-2-27-20(19(23)13-25-27)14-24-22(29)18-15-28(17-11-7-4-8-12-17)26-21(18)16-9-5-3-6-10-16/h3-13,15H,2,14H2,1H3,(H,24,29). The maximum atomic E-state index is 13.1.